The molecule has 1 fully saturated rings. The Morgan fingerprint density at radius 2 is 2.25 bits per heavy atom. The van der Waals surface area contributed by atoms with Crippen molar-refractivity contribution in [2.24, 2.45) is 11.8 Å². The molecule has 1 aromatic heterocycles. The lowest BCUT2D eigenvalue weighted by Crippen LogP contribution is -2.44. The molecular weight excluding hydrogens is 322 g/mol. The first-order chi connectivity index (χ1) is 11.6. The van der Waals surface area contributed by atoms with Crippen molar-refractivity contribution in [1.29, 1.82) is 0 Å². The first kappa shape index (κ1) is 17.1. The average Bonchev–Trinajstić information content (AvgIpc) is 2.99. The smallest absolute Gasteiger partial charge is 0.230 e. The van der Waals surface area contributed by atoms with Crippen LogP contribution < -0.4 is 10.1 Å². The van der Waals surface area contributed by atoms with Crippen LogP contribution in [0, 0.1) is 11.8 Å². The fourth-order valence-electron chi connectivity index (χ4n) is 3.33. The summed E-state index contributed by atoms with van der Waals surface area (Å²) in [7, 11) is 1.64. The number of carbonyl (C=O) groups is 1. The normalized spacial score (nSPS) is 24.0. The van der Waals surface area contributed by atoms with Crippen LogP contribution in [0.4, 0.5) is 0 Å². The van der Waals surface area contributed by atoms with Gasteiger partial charge < -0.3 is 15.0 Å². The van der Waals surface area contributed by atoms with Gasteiger partial charge >= 0.3 is 0 Å². The summed E-state index contributed by atoms with van der Waals surface area (Å²) in [5.41, 5.74) is 1.81. The van der Waals surface area contributed by atoms with Crippen LogP contribution in [0.2, 0.25) is 0 Å². The zero-order chi connectivity index (χ0) is 17.1. The summed E-state index contributed by atoms with van der Waals surface area (Å²) in [5, 5.41) is 3.96. The number of aromatic amines is 1. The number of thioether (sulfide) groups is 1. The van der Waals surface area contributed by atoms with Gasteiger partial charge in [0.15, 0.2) is 5.16 Å². The molecule has 1 aromatic carbocycles. The molecule has 2 aromatic rings. The first-order valence-electron chi connectivity index (χ1n) is 8.52. The van der Waals surface area contributed by atoms with E-state index < -0.39 is 0 Å². The Hall–Kier alpha value is -1.69. The third kappa shape index (κ3) is 3.86. The van der Waals surface area contributed by atoms with Crippen LogP contribution >= 0.6 is 11.8 Å². The molecule has 1 amide bonds. The van der Waals surface area contributed by atoms with Crippen LogP contribution in [-0.2, 0) is 4.79 Å². The van der Waals surface area contributed by atoms with Crippen LogP contribution in [0.3, 0.4) is 0 Å². The molecule has 130 valence electrons. The molecule has 0 saturated heterocycles. The lowest BCUT2D eigenvalue weighted by molar-refractivity contribution is -0.120. The Kier molecular flexibility index (Phi) is 5.33. The lowest BCUT2D eigenvalue weighted by atomic mass is 9.78. The third-order valence-electron chi connectivity index (χ3n) is 5.06. The molecule has 1 heterocycles. The van der Waals surface area contributed by atoms with Gasteiger partial charge in [-0.05, 0) is 30.4 Å². The number of rotatable bonds is 5. The van der Waals surface area contributed by atoms with Crippen LogP contribution in [0.15, 0.2) is 23.4 Å². The van der Waals surface area contributed by atoms with Gasteiger partial charge in [-0.15, -0.1) is 0 Å². The summed E-state index contributed by atoms with van der Waals surface area (Å²) < 4.78 is 5.21. The number of aromatic nitrogens is 2. The molecule has 0 radical (unpaired) electrons. The molecule has 1 aliphatic rings. The summed E-state index contributed by atoms with van der Waals surface area (Å²) in [6.45, 7) is 4.52. The molecular formula is C18H25N3O2S. The number of nitrogens with zero attached hydrogens (tertiary/aromatic N) is 1. The number of H-pyrrole nitrogens is 1. The topological polar surface area (TPSA) is 67.0 Å². The molecule has 0 unspecified atom stereocenters. The number of hydrogen-bond donors (Lipinski definition) is 2. The molecule has 0 aliphatic heterocycles. The van der Waals surface area contributed by atoms with E-state index in [1.165, 1.54) is 24.6 Å². The Balaban J connectivity index is 1.56. The van der Waals surface area contributed by atoms with Gasteiger partial charge in [0.05, 0.1) is 23.9 Å². The Bertz CT molecular complexity index is 715. The lowest BCUT2D eigenvalue weighted by Gasteiger charge is -2.34. The van der Waals surface area contributed by atoms with E-state index in [4.69, 9.17) is 4.74 Å². The molecule has 6 heteroatoms. The molecule has 1 saturated carbocycles. The maximum atomic E-state index is 12.3. The number of methoxy groups -OCH3 is 1. The average molecular weight is 347 g/mol. The Morgan fingerprint density at radius 1 is 1.42 bits per heavy atom. The molecule has 3 atom stereocenters. The summed E-state index contributed by atoms with van der Waals surface area (Å²) in [6.07, 6.45) is 3.56. The van der Waals surface area contributed by atoms with E-state index in [1.807, 2.05) is 18.2 Å². The van der Waals surface area contributed by atoms with Crippen molar-refractivity contribution < 1.29 is 9.53 Å². The highest BCUT2D eigenvalue weighted by Gasteiger charge is 2.28. The minimum Gasteiger partial charge on any atom is -0.497 e. The predicted molar refractivity (Wildman–Crippen MR) is 97.5 cm³/mol. The van der Waals surface area contributed by atoms with E-state index in [-0.39, 0.29) is 5.91 Å². The minimum absolute atomic E-state index is 0.0870. The number of hydrogen-bond acceptors (Lipinski definition) is 4. The fraction of sp³-hybridized carbons (Fsp3) is 0.556. The number of carbonyl (C=O) groups excluding carboxylic acids is 1. The van der Waals surface area contributed by atoms with Gasteiger partial charge in [-0.25, -0.2) is 4.98 Å². The fourth-order valence-corrected chi connectivity index (χ4v) is 4.02. The van der Waals surface area contributed by atoms with Crippen molar-refractivity contribution in [2.75, 3.05) is 12.9 Å². The molecule has 1 aliphatic carbocycles. The summed E-state index contributed by atoms with van der Waals surface area (Å²) in [4.78, 5) is 20.0. The number of ether oxygens (including phenoxy) is 1. The van der Waals surface area contributed by atoms with Gasteiger partial charge in [0.25, 0.3) is 0 Å². The highest BCUT2D eigenvalue weighted by Crippen LogP contribution is 2.29. The third-order valence-corrected chi connectivity index (χ3v) is 5.93. The van der Waals surface area contributed by atoms with E-state index >= 15 is 0 Å². The van der Waals surface area contributed by atoms with E-state index in [0.29, 0.717) is 23.6 Å². The molecule has 3 rings (SSSR count). The molecule has 0 spiro atoms. The summed E-state index contributed by atoms with van der Waals surface area (Å²) in [5.74, 6) is 2.49. The highest BCUT2D eigenvalue weighted by atomic mass is 32.2. The number of amides is 1. The highest BCUT2D eigenvalue weighted by molar-refractivity contribution is 7.99. The van der Waals surface area contributed by atoms with Gasteiger partial charge in [-0.1, -0.05) is 38.5 Å². The quantitative estimate of drug-likeness (QED) is 0.811. The second kappa shape index (κ2) is 7.47. The SMILES string of the molecule is COc1ccc2nc(SCC(=O)N[C@@H]3CCC[C@@H](C)[C@H]3C)[nH]c2c1. The predicted octanol–water partition coefficient (Wildman–Crippen LogP) is 3.60. The number of nitrogens with one attached hydrogen (secondary N) is 2. The van der Waals surface area contributed by atoms with Gasteiger partial charge in [0.1, 0.15) is 5.75 Å². The zero-order valence-electron chi connectivity index (χ0n) is 14.5. The maximum Gasteiger partial charge on any atom is 0.230 e. The van der Waals surface area contributed by atoms with Gasteiger partial charge in [-0.3, -0.25) is 4.79 Å². The van der Waals surface area contributed by atoms with Crippen LogP contribution in [0.25, 0.3) is 11.0 Å². The van der Waals surface area contributed by atoms with Gasteiger partial charge in [0.2, 0.25) is 5.91 Å². The van der Waals surface area contributed by atoms with E-state index in [2.05, 4.69) is 29.1 Å². The second-order valence-corrected chi connectivity index (χ2v) is 7.62. The van der Waals surface area contributed by atoms with Crippen molar-refractivity contribution in [3.8, 4) is 5.75 Å². The summed E-state index contributed by atoms with van der Waals surface area (Å²) >= 11 is 1.44. The Morgan fingerprint density at radius 3 is 3.04 bits per heavy atom. The van der Waals surface area contributed by atoms with E-state index in [0.717, 1.165) is 28.4 Å². The maximum absolute atomic E-state index is 12.3. The van der Waals surface area contributed by atoms with Crippen molar-refractivity contribution in [3.63, 3.8) is 0 Å². The zero-order valence-corrected chi connectivity index (χ0v) is 15.3. The van der Waals surface area contributed by atoms with Crippen molar-refractivity contribution in [2.45, 2.75) is 44.3 Å². The number of fused-ring (bicyclic) bond motifs is 1. The van der Waals surface area contributed by atoms with Crippen LogP contribution in [-0.4, -0.2) is 34.8 Å². The van der Waals surface area contributed by atoms with Gasteiger partial charge in [0, 0.05) is 12.1 Å². The summed E-state index contributed by atoms with van der Waals surface area (Å²) in [6, 6.07) is 6.02. The first-order valence-corrected chi connectivity index (χ1v) is 9.51. The Labute approximate surface area is 146 Å². The van der Waals surface area contributed by atoms with Crippen LogP contribution in [0.5, 0.6) is 5.75 Å². The van der Waals surface area contributed by atoms with Crippen molar-refractivity contribution in [3.05, 3.63) is 18.2 Å². The van der Waals surface area contributed by atoms with Gasteiger partial charge in [-0.2, -0.15) is 0 Å². The minimum atomic E-state index is 0.0870. The van der Waals surface area contributed by atoms with Crippen molar-refractivity contribution in [1.82, 2.24) is 15.3 Å². The standard InChI is InChI=1S/C18H25N3O2S/c1-11-5-4-6-14(12(11)2)19-17(22)10-24-18-20-15-8-7-13(23-3)9-16(15)21-18/h7-9,11-12,14H,4-6,10H2,1-3H3,(H,19,22)(H,20,21)/t11-,12-,14-/m1/s1. The van der Waals surface area contributed by atoms with Crippen molar-refractivity contribution >= 4 is 28.7 Å². The van der Waals surface area contributed by atoms with E-state index in [9.17, 15) is 4.79 Å². The molecule has 0 bridgehead atoms. The molecule has 24 heavy (non-hydrogen) atoms. The molecule has 5 nitrogen and oxygen atoms in total. The number of benzene rings is 1. The monoisotopic (exact) mass is 347 g/mol. The molecule has 2 N–H and O–H groups in total. The number of imidazole rings is 1. The van der Waals surface area contributed by atoms with Crippen LogP contribution in [0.1, 0.15) is 33.1 Å². The largest absolute Gasteiger partial charge is 0.497 e. The second-order valence-electron chi connectivity index (χ2n) is 6.66. The van der Waals surface area contributed by atoms with E-state index in [1.54, 1.807) is 7.11 Å².